The van der Waals surface area contributed by atoms with E-state index in [0.717, 1.165) is 28.6 Å². The van der Waals surface area contributed by atoms with Gasteiger partial charge in [-0.25, -0.2) is 0 Å². The van der Waals surface area contributed by atoms with Gasteiger partial charge in [0.25, 0.3) is 0 Å². The number of thioether (sulfide) groups is 2. The lowest BCUT2D eigenvalue weighted by molar-refractivity contribution is 1.00. The molecule has 0 aromatic heterocycles. The van der Waals surface area contributed by atoms with Gasteiger partial charge < -0.3 is 11.1 Å². The number of hydrogen-bond donors (Lipinski definition) is 2. The fourth-order valence-electron chi connectivity index (χ4n) is 1.94. The summed E-state index contributed by atoms with van der Waals surface area (Å²) in [7, 11) is 0. The zero-order chi connectivity index (χ0) is 13.0. The van der Waals surface area contributed by atoms with Crippen molar-refractivity contribution in [2.24, 2.45) is 5.73 Å². The maximum Gasteiger partial charge on any atom is 0.104 e. The van der Waals surface area contributed by atoms with Crippen molar-refractivity contribution in [1.82, 2.24) is 0 Å². The van der Waals surface area contributed by atoms with Gasteiger partial charge in [0.1, 0.15) is 4.99 Å². The van der Waals surface area contributed by atoms with Crippen molar-refractivity contribution in [1.29, 1.82) is 0 Å². The highest BCUT2D eigenvalue weighted by atomic mass is 32.2. The van der Waals surface area contributed by atoms with E-state index in [1.165, 1.54) is 17.3 Å². The van der Waals surface area contributed by atoms with E-state index in [4.69, 9.17) is 18.0 Å². The maximum absolute atomic E-state index is 5.66. The number of thiocarbonyl (C=S) groups is 1. The number of hydrogen-bond acceptors (Lipinski definition) is 4. The second-order valence-electron chi connectivity index (χ2n) is 4.34. The van der Waals surface area contributed by atoms with E-state index >= 15 is 0 Å². The van der Waals surface area contributed by atoms with Crippen LogP contribution in [0.1, 0.15) is 11.1 Å². The quantitative estimate of drug-likeness (QED) is 0.836. The number of anilines is 1. The molecule has 1 atom stereocenters. The van der Waals surface area contributed by atoms with Crippen molar-refractivity contribution in [3.8, 4) is 0 Å². The Kier molecular flexibility index (Phi) is 5.21. The lowest BCUT2D eigenvalue weighted by atomic mass is 10.1. The van der Waals surface area contributed by atoms with Gasteiger partial charge in [0.05, 0.1) is 0 Å². The fraction of sp³-hybridized carbons (Fsp3) is 0.462. The zero-order valence-corrected chi connectivity index (χ0v) is 12.9. The van der Waals surface area contributed by atoms with E-state index < -0.39 is 0 Å². The Bertz CT molecular complexity index is 428. The third-order valence-corrected chi connectivity index (χ3v) is 5.98. The van der Waals surface area contributed by atoms with E-state index in [0.29, 0.717) is 4.99 Å². The largest absolute Gasteiger partial charge is 0.389 e. The van der Waals surface area contributed by atoms with Crippen LogP contribution in [-0.2, 0) is 0 Å². The summed E-state index contributed by atoms with van der Waals surface area (Å²) in [6, 6.07) is 6.18. The van der Waals surface area contributed by atoms with Crippen molar-refractivity contribution in [2.75, 3.05) is 29.1 Å². The predicted octanol–water partition coefficient (Wildman–Crippen LogP) is 2.89. The molecule has 1 aromatic carbocycles. The molecule has 98 valence electrons. The van der Waals surface area contributed by atoms with Gasteiger partial charge in [-0.15, -0.1) is 0 Å². The smallest absolute Gasteiger partial charge is 0.104 e. The van der Waals surface area contributed by atoms with Gasteiger partial charge in [-0.3, -0.25) is 0 Å². The summed E-state index contributed by atoms with van der Waals surface area (Å²) in [5.74, 6) is 3.82. The molecule has 1 heterocycles. The van der Waals surface area contributed by atoms with E-state index in [1.807, 2.05) is 13.0 Å². The molecule has 1 aliphatic heterocycles. The second kappa shape index (κ2) is 6.68. The first-order valence-corrected chi connectivity index (χ1v) is 8.61. The SMILES string of the molecule is Cc1cc(NCC2CSCCS2)ccc1C(N)=S. The van der Waals surface area contributed by atoms with Crippen LogP contribution in [0.2, 0.25) is 0 Å². The van der Waals surface area contributed by atoms with E-state index in [-0.39, 0.29) is 0 Å². The summed E-state index contributed by atoms with van der Waals surface area (Å²) in [4.78, 5) is 0.471. The first-order valence-electron chi connectivity index (χ1n) is 6.00. The number of aryl methyl sites for hydroxylation is 1. The normalized spacial score (nSPS) is 19.5. The Labute approximate surface area is 122 Å². The van der Waals surface area contributed by atoms with Crippen LogP contribution in [-0.4, -0.2) is 34.0 Å². The molecule has 0 radical (unpaired) electrons. The van der Waals surface area contributed by atoms with Gasteiger partial charge in [0.15, 0.2) is 0 Å². The maximum atomic E-state index is 5.66. The number of rotatable bonds is 4. The third kappa shape index (κ3) is 3.80. The topological polar surface area (TPSA) is 38.0 Å². The van der Waals surface area contributed by atoms with Gasteiger partial charge in [0.2, 0.25) is 0 Å². The second-order valence-corrected chi connectivity index (χ2v) is 7.34. The third-order valence-electron chi connectivity index (χ3n) is 2.91. The molecule has 18 heavy (non-hydrogen) atoms. The predicted molar refractivity (Wildman–Crippen MR) is 89.1 cm³/mol. The molecule has 0 spiro atoms. The van der Waals surface area contributed by atoms with Crippen molar-refractivity contribution in [3.63, 3.8) is 0 Å². The molecule has 3 N–H and O–H groups in total. The summed E-state index contributed by atoms with van der Waals surface area (Å²) in [6.45, 7) is 3.08. The molecule has 0 aliphatic carbocycles. The summed E-state index contributed by atoms with van der Waals surface area (Å²) < 4.78 is 0. The summed E-state index contributed by atoms with van der Waals surface area (Å²) in [6.07, 6.45) is 0. The summed E-state index contributed by atoms with van der Waals surface area (Å²) >= 11 is 9.13. The molecule has 1 aliphatic rings. The van der Waals surface area contributed by atoms with Crippen LogP contribution in [0.15, 0.2) is 18.2 Å². The minimum absolute atomic E-state index is 0.471. The number of nitrogens with two attached hydrogens (primary N) is 1. The van der Waals surface area contributed by atoms with Gasteiger partial charge in [-0.2, -0.15) is 23.5 Å². The number of nitrogens with one attached hydrogen (secondary N) is 1. The van der Waals surface area contributed by atoms with Crippen molar-refractivity contribution >= 4 is 46.4 Å². The molecule has 0 amide bonds. The molecule has 0 saturated carbocycles. The molecule has 2 rings (SSSR count). The molecular weight excluding hydrogens is 280 g/mol. The average Bonchev–Trinajstić information content (AvgIpc) is 2.37. The number of benzene rings is 1. The fourth-order valence-corrected chi connectivity index (χ4v) is 4.78. The Hall–Kier alpha value is -0.390. The van der Waals surface area contributed by atoms with Crippen LogP contribution in [0.4, 0.5) is 5.69 Å². The molecule has 0 bridgehead atoms. The van der Waals surface area contributed by atoms with Gasteiger partial charge in [0, 0.05) is 40.3 Å². The standard InChI is InChI=1S/C13H18N2S3/c1-9-6-10(2-3-12(9)13(14)16)15-7-11-8-17-4-5-18-11/h2-3,6,11,15H,4-5,7-8H2,1H3,(H2,14,16). The Morgan fingerprint density at radius 1 is 1.50 bits per heavy atom. The molecule has 1 unspecified atom stereocenters. The van der Waals surface area contributed by atoms with E-state index in [2.05, 4.69) is 41.0 Å². The van der Waals surface area contributed by atoms with Crippen molar-refractivity contribution in [2.45, 2.75) is 12.2 Å². The average molecular weight is 299 g/mol. The molecule has 2 nitrogen and oxygen atoms in total. The van der Waals surface area contributed by atoms with Crippen LogP contribution in [0.5, 0.6) is 0 Å². The first kappa shape index (κ1) is 14.0. The lowest BCUT2D eigenvalue weighted by Gasteiger charge is -2.21. The van der Waals surface area contributed by atoms with Gasteiger partial charge in [-0.1, -0.05) is 12.2 Å². The Morgan fingerprint density at radius 3 is 2.94 bits per heavy atom. The Balaban J connectivity index is 1.93. The lowest BCUT2D eigenvalue weighted by Crippen LogP contribution is -2.23. The molecule has 1 saturated heterocycles. The van der Waals surface area contributed by atoms with Crippen LogP contribution in [0.25, 0.3) is 0 Å². The highest BCUT2D eigenvalue weighted by Gasteiger charge is 2.13. The molecular formula is C13H18N2S3. The van der Waals surface area contributed by atoms with Gasteiger partial charge in [-0.05, 0) is 30.7 Å². The molecule has 1 fully saturated rings. The molecule has 5 heteroatoms. The monoisotopic (exact) mass is 298 g/mol. The van der Waals surface area contributed by atoms with E-state index in [1.54, 1.807) is 0 Å². The van der Waals surface area contributed by atoms with Crippen LogP contribution < -0.4 is 11.1 Å². The zero-order valence-electron chi connectivity index (χ0n) is 10.4. The van der Waals surface area contributed by atoms with Crippen molar-refractivity contribution in [3.05, 3.63) is 29.3 Å². The summed E-state index contributed by atoms with van der Waals surface area (Å²) in [5, 5.41) is 4.22. The minimum Gasteiger partial charge on any atom is -0.389 e. The van der Waals surface area contributed by atoms with E-state index in [9.17, 15) is 0 Å². The Morgan fingerprint density at radius 2 is 2.33 bits per heavy atom. The van der Waals surface area contributed by atoms with Crippen molar-refractivity contribution < 1.29 is 0 Å². The van der Waals surface area contributed by atoms with Gasteiger partial charge >= 0.3 is 0 Å². The van der Waals surface area contributed by atoms with Crippen LogP contribution in [0.3, 0.4) is 0 Å². The minimum atomic E-state index is 0.471. The first-order chi connectivity index (χ1) is 8.66. The molecule has 1 aromatic rings. The van der Waals surface area contributed by atoms with Crippen LogP contribution >= 0.6 is 35.7 Å². The summed E-state index contributed by atoms with van der Waals surface area (Å²) in [5.41, 5.74) is 8.92. The highest BCUT2D eigenvalue weighted by molar-refractivity contribution is 8.06. The van der Waals surface area contributed by atoms with Crippen LogP contribution in [0, 0.1) is 6.92 Å². The highest BCUT2D eigenvalue weighted by Crippen LogP contribution is 2.24.